The minimum atomic E-state index is -0.611. The zero-order valence-corrected chi connectivity index (χ0v) is 12.4. The van der Waals surface area contributed by atoms with E-state index in [9.17, 15) is 10.2 Å². The molecule has 5 atom stereocenters. The van der Waals surface area contributed by atoms with Gasteiger partial charge >= 0.3 is 0 Å². The molecule has 1 aromatic rings. The van der Waals surface area contributed by atoms with Gasteiger partial charge in [-0.3, -0.25) is 4.90 Å². The van der Waals surface area contributed by atoms with Gasteiger partial charge in [-0.25, -0.2) is 0 Å². The topological polar surface area (TPSA) is 69.7 Å². The fourth-order valence-corrected chi connectivity index (χ4v) is 4.03. The number of nitrogens with zero attached hydrogens (tertiary/aromatic N) is 1. The van der Waals surface area contributed by atoms with Crippen molar-refractivity contribution < 1.29 is 10.2 Å². The largest absolute Gasteiger partial charge is 0.389 e. The Morgan fingerprint density at radius 1 is 1.05 bits per heavy atom. The number of β-amino-alcohol motifs (C(OH)–C–C–N with tert-alkyl or cyclic N) is 2. The van der Waals surface area contributed by atoms with Crippen molar-refractivity contribution in [3.05, 3.63) is 35.9 Å². The third-order valence-corrected chi connectivity index (χ3v) is 5.29. The summed E-state index contributed by atoms with van der Waals surface area (Å²) < 4.78 is 0. The molecule has 0 amide bonds. The van der Waals surface area contributed by atoms with E-state index in [4.69, 9.17) is 5.73 Å². The highest BCUT2D eigenvalue weighted by molar-refractivity contribution is 5.20. The average Bonchev–Trinajstić information content (AvgIpc) is 2.87. The van der Waals surface area contributed by atoms with Crippen LogP contribution in [0.3, 0.4) is 0 Å². The molecular weight excluding hydrogens is 264 g/mol. The van der Waals surface area contributed by atoms with Crippen molar-refractivity contribution in [2.75, 3.05) is 19.6 Å². The highest BCUT2D eigenvalue weighted by Crippen LogP contribution is 2.38. The van der Waals surface area contributed by atoms with Gasteiger partial charge in [-0.2, -0.15) is 0 Å². The molecule has 1 aromatic carbocycles. The number of aliphatic hydroxyl groups excluding tert-OH is 2. The molecule has 1 heterocycles. The smallest absolute Gasteiger partial charge is 0.0938 e. The molecule has 4 N–H and O–H groups in total. The SMILES string of the molecule is NCC1CCC(c2ccccc2)CC1N1CC(O)C(O)C1. The van der Waals surface area contributed by atoms with Crippen molar-refractivity contribution in [2.24, 2.45) is 11.7 Å². The minimum absolute atomic E-state index is 0.376. The van der Waals surface area contributed by atoms with E-state index >= 15 is 0 Å². The van der Waals surface area contributed by atoms with Crippen LogP contribution in [-0.4, -0.2) is 53.0 Å². The first-order valence-electron chi connectivity index (χ1n) is 8.04. The number of hydrogen-bond acceptors (Lipinski definition) is 4. The van der Waals surface area contributed by atoms with Gasteiger partial charge in [0.2, 0.25) is 0 Å². The molecule has 1 aliphatic carbocycles. The van der Waals surface area contributed by atoms with Gasteiger partial charge in [-0.15, -0.1) is 0 Å². The maximum atomic E-state index is 9.82. The zero-order chi connectivity index (χ0) is 14.8. The summed E-state index contributed by atoms with van der Waals surface area (Å²) in [7, 11) is 0. The number of rotatable bonds is 3. The zero-order valence-electron chi connectivity index (χ0n) is 12.4. The first kappa shape index (κ1) is 15.0. The van der Waals surface area contributed by atoms with Crippen LogP contribution < -0.4 is 5.73 Å². The molecule has 1 saturated carbocycles. The van der Waals surface area contributed by atoms with Crippen LogP contribution in [0.2, 0.25) is 0 Å². The van der Waals surface area contributed by atoms with E-state index in [1.807, 2.05) is 0 Å². The Morgan fingerprint density at radius 3 is 2.33 bits per heavy atom. The fourth-order valence-electron chi connectivity index (χ4n) is 4.03. The van der Waals surface area contributed by atoms with Crippen molar-refractivity contribution in [1.82, 2.24) is 4.90 Å². The molecule has 4 nitrogen and oxygen atoms in total. The second-order valence-corrected chi connectivity index (χ2v) is 6.57. The van der Waals surface area contributed by atoms with E-state index in [1.165, 1.54) is 12.0 Å². The summed E-state index contributed by atoms with van der Waals surface area (Å²) in [6.07, 6.45) is 2.16. The van der Waals surface area contributed by atoms with Crippen LogP contribution in [0.5, 0.6) is 0 Å². The second-order valence-electron chi connectivity index (χ2n) is 6.57. The lowest BCUT2D eigenvalue weighted by molar-refractivity contribution is 0.0572. The average molecular weight is 290 g/mol. The fraction of sp³-hybridized carbons (Fsp3) is 0.647. The molecule has 0 radical (unpaired) electrons. The Morgan fingerprint density at radius 2 is 1.71 bits per heavy atom. The van der Waals surface area contributed by atoms with Gasteiger partial charge in [-0.05, 0) is 43.2 Å². The summed E-state index contributed by atoms with van der Waals surface area (Å²) in [5.74, 6) is 1.04. The van der Waals surface area contributed by atoms with Crippen molar-refractivity contribution in [1.29, 1.82) is 0 Å². The molecule has 0 aromatic heterocycles. The lowest BCUT2D eigenvalue weighted by atomic mass is 9.75. The third kappa shape index (κ3) is 3.14. The van der Waals surface area contributed by atoms with Crippen LogP contribution >= 0.6 is 0 Å². The van der Waals surface area contributed by atoms with Crippen LogP contribution in [0.15, 0.2) is 30.3 Å². The molecule has 2 aliphatic rings. The van der Waals surface area contributed by atoms with Crippen molar-refractivity contribution >= 4 is 0 Å². The second kappa shape index (κ2) is 6.44. The van der Waals surface area contributed by atoms with E-state index in [-0.39, 0.29) is 0 Å². The molecule has 0 spiro atoms. The van der Waals surface area contributed by atoms with Crippen molar-refractivity contribution in [2.45, 2.75) is 43.4 Å². The lowest BCUT2D eigenvalue weighted by Gasteiger charge is -2.41. The maximum Gasteiger partial charge on any atom is 0.0938 e. The summed E-state index contributed by atoms with van der Waals surface area (Å²) in [5.41, 5.74) is 7.36. The molecule has 2 fully saturated rings. The Kier molecular flexibility index (Phi) is 4.60. The monoisotopic (exact) mass is 290 g/mol. The van der Waals surface area contributed by atoms with Crippen LogP contribution in [0.25, 0.3) is 0 Å². The molecule has 116 valence electrons. The van der Waals surface area contributed by atoms with Crippen LogP contribution in [-0.2, 0) is 0 Å². The van der Waals surface area contributed by atoms with E-state index in [0.717, 1.165) is 12.8 Å². The van der Waals surface area contributed by atoms with Gasteiger partial charge in [-0.1, -0.05) is 30.3 Å². The van der Waals surface area contributed by atoms with E-state index in [0.29, 0.717) is 37.5 Å². The van der Waals surface area contributed by atoms with Crippen LogP contribution in [0.1, 0.15) is 30.7 Å². The molecule has 1 aliphatic heterocycles. The summed E-state index contributed by atoms with van der Waals surface area (Å²) in [6.45, 7) is 1.84. The molecule has 4 heteroatoms. The number of hydrogen-bond donors (Lipinski definition) is 3. The molecule has 3 rings (SSSR count). The van der Waals surface area contributed by atoms with Gasteiger partial charge in [0.1, 0.15) is 0 Å². The summed E-state index contributed by atoms with van der Waals surface area (Å²) in [6, 6.07) is 11.0. The lowest BCUT2D eigenvalue weighted by Crippen LogP contribution is -2.46. The van der Waals surface area contributed by atoms with Crippen LogP contribution in [0.4, 0.5) is 0 Å². The summed E-state index contributed by atoms with van der Waals surface area (Å²) in [4.78, 5) is 2.25. The van der Waals surface area contributed by atoms with Gasteiger partial charge in [0.15, 0.2) is 0 Å². The van der Waals surface area contributed by atoms with E-state index in [1.54, 1.807) is 0 Å². The Labute approximate surface area is 126 Å². The summed E-state index contributed by atoms with van der Waals surface area (Å²) >= 11 is 0. The molecule has 21 heavy (non-hydrogen) atoms. The first-order chi connectivity index (χ1) is 10.2. The maximum absolute atomic E-state index is 9.82. The van der Waals surface area contributed by atoms with Gasteiger partial charge in [0.25, 0.3) is 0 Å². The highest BCUT2D eigenvalue weighted by atomic mass is 16.3. The molecule has 1 saturated heterocycles. The number of benzene rings is 1. The quantitative estimate of drug-likeness (QED) is 0.775. The molecular formula is C17H26N2O2. The minimum Gasteiger partial charge on any atom is -0.389 e. The van der Waals surface area contributed by atoms with Crippen LogP contribution in [0, 0.1) is 5.92 Å². The number of aliphatic hydroxyl groups is 2. The number of nitrogens with two attached hydrogens (primary N) is 1. The normalized spacial score (nSPS) is 37.8. The standard InChI is InChI=1S/C17H26N2O2/c18-9-14-7-6-13(12-4-2-1-3-5-12)8-15(14)19-10-16(20)17(21)11-19/h1-5,13-17,20-21H,6-11,18H2. The van der Waals surface area contributed by atoms with Gasteiger partial charge in [0.05, 0.1) is 12.2 Å². The third-order valence-electron chi connectivity index (χ3n) is 5.29. The van der Waals surface area contributed by atoms with E-state index in [2.05, 4.69) is 35.2 Å². The van der Waals surface area contributed by atoms with Gasteiger partial charge in [0, 0.05) is 19.1 Å². The van der Waals surface area contributed by atoms with Crippen molar-refractivity contribution in [3.63, 3.8) is 0 Å². The Hall–Kier alpha value is -0.940. The number of likely N-dealkylation sites (tertiary alicyclic amines) is 1. The first-order valence-corrected chi connectivity index (χ1v) is 8.04. The molecule has 5 unspecified atom stereocenters. The highest BCUT2D eigenvalue weighted by Gasteiger charge is 2.40. The van der Waals surface area contributed by atoms with E-state index < -0.39 is 12.2 Å². The summed E-state index contributed by atoms with van der Waals surface area (Å²) in [5, 5.41) is 19.6. The Balaban J connectivity index is 1.73. The molecule has 0 bridgehead atoms. The predicted octanol–water partition coefficient (Wildman–Crippen LogP) is 0.935. The Bertz CT molecular complexity index is 443. The van der Waals surface area contributed by atoms with Crippen molar-refractivity contribution in [3.8, 4) is 0 Å². The van der Waals surface area contributed by atoms with Gasteiger partial charge < -0.3 is 15.9 Å². The predicted molar refractivity (Wildman–Crippen MR) is 83.0 cm³/mol.